The zero-order valence-corrected chi connectivity index (χ0v) is 61.5. The van der Waals surface area contributed by atoms with E-state index in [9.17, 15) is 43.2 Å². The van der Waals surface area contributed by atoms with E-state index in [1.807, 2.05) is 18.2 Å². The van der Waals surface area contributed by atoms with Crippen LogP contribution in [0.1, 0.15) is 285 Å². The number of carbonyl (C=O) groups is 4. The Labute approximate surface area is 581 Å². The van der Waals surface area contributed by atoms with Crippen molar-refractivity contribution in [2.45, 2.75) is 303 Å². The molecule has 19 heteroatoms. The minimum absolute atomic E-state index is 0.0532. The van der Waals surface area contributed by atoms with Crippen molar-refractivity contribution in [2.24, 2.45) is 0 Å². The van der Waals surface area contributed by atoms with Crippen molar-refractivity contribution < 1.29 is 80.2 Å². The molecule has 0 aliphatic heterocycles. The smallest absolute Gasteiger partial charge is 0.462 e. The van der Waals surface area contributed by atoms with Crippen LogP contribution in [0.25, 0.3) is 0 Å². The van der Waals surface area contributed by atoms with Crippen LogP contribution in [0.15, 0.2) is 122 Å². The van der Waals surface area contributed by atoms with E-state index in [0.717, 1.165) is 154 Å². The van der Waals surface area contributed by atoms with Gasteiger partial charge in [-0.1, -0.05) is 246 Å². The highest BCUT2D eigenvalue weighted by Gasteiger charge is 2.30. The summed E-state index contributed by atoms with van der Waals surface area (Å²) in [6.45, 7) is 4.45. The lowest BCUT2D eigenvalue weighted by molar-refractivity contribution is -0.161. The minimum Gasteiger partial charge on any atom is -0.462 e. The largest absolute Gasteiger partial charge is 0.472 e. The van der Waals surface area contributed by atoms with Crippen molar-refractivity contribution >= 4 is 39.5 Å². The van der Waals surface area contributed by atoms with Gasteiger partial charge in [-0.15, -0.1) is 0 Å². The molecule has 5 atom stereocenters. The summed E-state index contributed by atoms with van der Waals surface area (Å²) in [7, 11) is -9.98. The third kappa shape index (κ3) is 68.0. The molecular weight excluding hydrogens is 1260 g/mol. The Bertz CT molecular complexity index is 2300. The molecular formula is C77H130O17P2. The molecule has 0 aliphatic rings. The number of allylic oxidation sites excluding steroid dienone is 19. The minimum atomic E-state index is -5.00. The second-order valence-corrected chi connectivity index (χ2v) is 27.0. The maximum absolute atomic E-state index is 13.0. The molecule has 0 spiro atoms. The number of phosphoric acid groups is 2. The van der Waals surface area contributed by atoms with Crippen LogP contribution in [-0.2, 0) is 65.4 Å². The first-order valence-electron chi connectivity index (χ1n) is 36.8. The molecule has 5 unspecified atom stereocenters. The molecule has 0 saturated heterocycles. The van der Waals surface area contributed by atoms with Gasteiger partial charge in [0.2, 0.25) is 0 Å². The molecule has 0 aromatic heterocycles. The number of aliphatic hydroxyl groups excluding tert-OH is 1. The zero-order valence-electron chi connectivity index (χ0n) is 59.8. The molecule has 0 aliphatic carbocycles. The molecule has 3 N–H and O–H groups in total. The Morgan fingerprint density at radius 2 is 0.583 bits per heavy atom. The third-order valence-electron chi connectivity index (χ3n) is 14.9. The maximum atomic E-state index is 13.0. The first-order valence-corrected chi connectivity index (χ1v) is 39.8. The molecule has 0 rings (SSSR count). The van der Waals surface area contributed by atoms with E-state index >= 15 is 0 Å². The summed E-state index contributed by atoms with van der Waals surface area (Å²) in [5.74, 6) is -2.36. The number of aliphatic hydroxyl groups is 1. The molecule has 0 aromatic carbocycles. The van der Waals surface area contributed by atoms with Crippen LogP contribution < -0.4 is 0 Å². The summed E-state index contributed by atoms with van der Waals surface area (Å²) >= 11 is 0. The predicted octanol–water partition coefficient (Wildman–Crippen LogP) is 20.8. The van der Waals surface area contributed by atoms with E-state index in [1.54, 1.807) is 6.08 Å². The van der Waals surface area contributed by atoms with Gasteiger partial charge >= 0.3 is 39.5 Å². The van der Waals surface area contributed by atoms with E-state index in [1.165, 1.54) is 51.4 Å². The maximum Gasteiger partial charge on any atom is 0.472 e. The van der Waals surface area contributed by atoms with Crippen LogP contribution in [-0.4, -0.2) is 96.7 Å². The van der Waals surface area contributed by atoms with Gasteiger partial charge in [0, 0.05) is 19.3 Å². The highest BCUT2D eigenvalue weighted by atomic mass is 31.2. The molecule has 0 bridgehead atoms. The summed E-state index contributed by atoms with van der Waals surface area (Å²) < 4.78 is 68.2. The van der Waals surface area contributed by atoms with Gasteiger partial charge in [0.15, 0.2) is 12.2 Å². The Morgan fingerprint density at radius 3 is 0.938 bits per heavy atom. The van der Waals surface area contributed by atoms with E-state index in [0.29, 0.717) is 25.7 Å². The first kappa shape index (κ1) is 91.5. The average Bonchev–Trinajstić information content (AvgIpc) is 1.36. The fraction of sp³-hybridized carbons (Fsp3) is 0.688. The van der Waals surface area contributed by atoms with E-state index in [-0.39, 0.29) is 25.7 Å². The van der Waals surface area contributed by atoms with Crippen LogP contribution >= 0.6 is 15.6 Å². The highest BCUT2D eigenvalue weighted by molar-refractivity contribution is 7.47. The Hall–Kier alpha value is -4.54. The number of carbonyl (C=O) groups excluding carboxylic acids is 4. The lowest BCUT2D eigenvalue weighted by Crippen LogP contribution is -2.30. The lowest BCUT2D eigenvalue weighted by atomic mass is 10.1. The normalized spacial score (nSPS) is 14.7. The molecule has 17 nitrogen and oxygen atoms in total. The second kappa shape index (κ2) is 69.0. The number of unbranched alkanes of at least 4 members (excludes halogenated alkanes) is 23. The fourth-order valence-corrected chi connectivity index (χ4v) is 10.9. The topological polar surface area (TPSA) is 237 Å². The SMILES string of the molecule is CC/C=C\C/C=C\C/C=C\C/C=C\C/C=C\CC(=O)OCC(COP(=O)(O)OCC(O)COP(=O)(O)OCC(COC(=O)CCCCCCC/C=C\CCCCCC)OC(=O)CCCCCCC/C=C\CCCCCC)OC(=O)CCCCCCC/C=C\C/C=C\C/C=C\CC. The van der Waals surface area contributed by atoms with E-state index in [2.05, 4.69) is 125 Å². The molecule has 0 radical (unpaired) electrons. The fourth-order valence-electron chi connectivity index (χ4n) is 9.35. The van der Waals surface area contributed by atoms with Crippen molar-refractivity contribution in [3.05, 3.63) is 122 Å². The summed E-state index contributed by atoms with van der Waals surface area (Å²) in [5.41, 5.74) is 0. The van der Waals surface area contributed by atoms with Crippen LogP contribution in [0.4, 0.5) is 0 Å². The molecule has 96 heavy (non-hydrogen) atoms. The summed E-state index contributed by atoms with van der Waals surface area (Å²) in [6.07, 6.45) is 73.7. The average molecular weight is 1390 g/mol. The molecule has 0 amide bonds. The van der Waals surface area contributed by atoms with Crippen LogP contribution in [0.3, 0.4) is 0 Å². The van der Waals surface area contributed by atoms with Crippen molar-refractivity contribution in [3.63, 3.8) is 0 Å². The Balaban J connectivity index is 5.44. The Morgan fingerprint density at radius 1 is 0.312 bits per heavy atom. The van der Waals surface area contributed by atoms with Gasteiger partial charge in [0.1, 0.15) is 19.3 Å². The zero-order chi connectivity index (χ0) is 70.4. The van der Waals surface area contributed by atoms with Gasteiger partial charge in [-0.3, -0.25) is 37.3 Å². The number of hydrogen-bond donors (Lipinski definition) is 3. The molecule has 0 fully saturated rings. The number of rotatable bonds is 68. The highest BCUT2D eigenvalue weighted by Crippen LogP contribution is 2.45. The van der Waals surface area contributed by atoms with Crippen molar-refractivity contribution in [2.75, 3.05) is 39.6 Å². The third-order valence-corrected chi connectivity index (χ3v) is 16.8. The molecule has 550 valence electrons. The van der Waals surface area contributed by atoms with Gasteiger partial charge in [0.05, 0.1) is 32.8 Å². The van der Waals surface area contributed by atoms with Crippen LogP contribution in [0.5, 0.6) is 0 Å². The quantitative estimate of drug-likeness (QED) is 0.0169. The summed E-state index contributed by atoms with van der Waals surface area (Å²) in [4.78, 5) is 72.6. The number of esters is 4. The van der Waals surface area contributed by atoms with Crippen molar-refractivity contribution in [1.29, 1.82) is 0 Å². The molecule has 0 heterocycles. The van der Waals surface area contributed by atoms with Crippen LogP contribution in [0, 0.1) is 0 Å². The van der Waals surface area contributed by atoms with Gasteiger partial charge in [-0.25, -0.2) is 9.13 Å². The molecule has 0 saturated carbocycles. The number of ether oxygens (including phenoxy) is 4. The van der Waals surface area contributed by atoms with Crippen molar-refractivity contribution in [3.8, 4) is 0 Å². The van der Waals surface area contributed by atoms with Gasteiger partial charge in [-0.2, -0.15) is 0 Å². The van der Waals surface area contributed by atoms with Gasteiger partial charge < -0.3 is 33.8 Å². The van der Waals surface area contributed by atoms with E-state index in [4.69, 9.17) is 37.0 Å². The lowest BCUT2D eigenvalue weighted by Gasteiger charge is -2.21. The van der Waals surface area contributed by atoms with Gasteiger partial charge in [0.25, 0.3) is 0 Å². The first-order chi connectivity index (χ1) is 46.7. The summed E-state index contributed by atoms with van der Waals surface area (Å²) in [6, 6.07) is 0. The Kier molecular flexibility index (Phi) is 65.7. The van der Waals surface area contributed by atoms with E-state index < -0.39 is 97.5 Å². The number of phosphoric ester groups is 2. The standard InChI is InChI=1S/C77H130O17P2/c1-5-9-13-17-21-25-29-33-35-39-42-46-50-54-58-62-75(80)88-68-73(94-77(82)64-60-56-52-48-44-40-36-34-30-26-22-18-14-10-6-2)70-92-96(85,86)90-66-71(78)65-89-95(83,84)91-69-72(93-76(81)63-59-55-51-47-43-38-32-28-24-20-16-12-8-4)67-87-74(79)61-57-53-49-45-41-37-31-27-23-19-15-11-7-3/h9-10,13-14,21-22,25-28,31-36,42,46,54,58,71-73,78H,5-8,11-12,15-20,23-24,29-30,37-41,43-45,47-53,55-57,59-70H2,1-4H3,(H,83,84)(H,85,86)/b13-9-,14-10-,25-21-,26-22-,31-27-,32-28-,35-33-,36-34-,46-42-,58-54-. The molecule has 0 aromatic rings. The van der Waals surface area contributed by atoms with Crippen LogP contribution in [0.2, 0.25) is 0 Å². The summed E-state index contributed by atoms with van der Waals surface area (Å²) in [5, 5.41) is 10.6. The predicted molar refractivity (Wildman–Crippen MR) is 390 cm³/mol. The number of hydrogen-bond acceptors (Lipinski definition) is 15. The van der Waals surface area contributed by atoms with Crippen molar-refractivity contribution in [1.82, 2.24) is 0 Å². The monoisotopic (exact) mass is 1390 g/mol. The second-order valence-electron chi connectivity index (χ2n) is 24.1. The van der Waals surface area contributed by atoms with Gasteiger partial charge in [-0.05, 0) is 135 Å².